The van der Waals surface area contributed by atoms with Crippen molar-refractivity contribution in [2.45, 2.75) is 0 Å². The first-order chi connectivity index (χ1) is 26.1. The number of benzene rings is 7. The second kappa shape index (κ2) is 11.2. The molecular weight excluding hydrogens is 653 g/mol. The third-order valence-corrected chi connectivity index (χ3v) is 10.3. The summed E-state index contributed by atoms with van der Waals surface area (Å²) in [4.78, 5) is 0. The van der Waals surface area contributed by atoms with E-state index in [1.165, 1.54) is 0 Å². The Balaban J connectivity index is 1.30. The molecule has 0 saturated carbocycles. The van der Waals surface area contributed by atoms with E-state index < -0.39 is 0 Å². The molecule has 0 atom stereocenters. The Morgan fingerprint density at radius 2 is 0.981 bits per heavy atom. The van der Waals surface area contributed by atoms with Crippen LogP contribution in [0.2, 0.25) is 0 Å². The molecule has 7 heteroatoms. The van der Waals surface area contributed by atoms with E-state index in [0.717, 1.165) is 60.0 Å². The van der Waals surface area contributed by atoms with E-state index in [4.69, 9.17) is 4.42 Å². The largest absolute Gasteiger partial charge is 0.456 e. The maximum absolute atomic E-state index is 10.6. The van der Waals surface area contributed by atoms with Crippen LogP contribution in [0, 0.1) is 45.3 Å². The van der Waals surface area contributed by atoms with Gasteiger partial charge in [0.15, 0.2) is 0 Å². The molecule has 53 heavy (non-hydrogen) atoms. The number of rotatable bonds is 3. The Bertz CT molecular complexity index is 3350. The van der Waals surface area contributed by atoms with Crippen LogP contribution in [-0.2, 0) is 0 Å². The van der Waals surface area contributed by atoms with Gasteiger partial charge in [0.2, 0.25) is 0 Å². The van der Waals surface area contributed by atoms with Crippen LogP contribution in [0.15, 0.2) is 138 Å². The van der Waals surface area contributed by atoms with Crippen LogP contribution in [0.1, 0.15) is 22.3 Å². The molecule has 0 radical (unpaired) electrons. The summed E-state index contributed by atoms with van der Waals surface area (Å²) in [5.41, 5.74) is 7.94. The van der Waals surface area contributed by atoms with Crippen molar-refractivity contribution >= 4 is 65.6 Å². The maximum Gasteiger partial charge on any atom is 0.137 e. The van der Waals surface area contributed by atoms with Gasteiger partial charge in [0.05, 0.1) is 50.0 Å². The molecule has 0 saturated heterocycles. The molecule has 0 spiro atoms. The number of hydrogen-bond acceptors (Lipinski definition) is 5. The van der Waals surface area contributed by atoms with Gasteiger partial charge in [0.1, 0.15) is 35.4 Å². The molecule has 3 aromatic heterocycles. The van der Waals surface area contributed by atoms with Crippen molar-refractivity contribution in [3.63, 3.8) is 0 Å². The molecule has 0 aliphatic rings. The third kappa shape index (κ3) is 4.17. The summed E-state index contributed by atoms with van der Waals surface area (Å²) in [7, 11) is 0. The van der Waals surface area contributed by atoms with Gasteiger partial charge in [-0.1, -0.05) is 72.8 Å². The van der Waals surface area contributed by atoms with Gasteiger partial charge in [-0.3, -0.25) is 0 Å². The van der Waals surface area contributed by atoms with E-state index in [-0.39, 0.29) is 22.3 Å². The lowest BCUT2D eigenvalue weighted by Gasteiger charge is -2.16. The summed E-state index contributed by atoms with van der Waals surface area (Å²) in [6.45, 7) is 0. The topological polar surface area (TPSA) is 118 Å². The van der Waals surface area contributed by atoms with Crippen LogP contribution >= 0.6 is 0 Å². The minimum atomic E-state index is 0.153. The molecule has 0 aliphatic heterocycles. The lowest BCUT2D eigenvalue weighted by atomic mass is 9.92. The van der Waals surface area contributed by atoms with E-state index in [1.807, 2.05) is 108 Å². The van der Waals surface area contributed by atoms with Crippen LogP contribution < -0.4 is 0 Å². The van der Waals surface area contributed by atoms with Crippen molar-refractivity contribution in [3.8, 4) is 46.8 Å². The molecule has 0 bridgehead atoms. The standard InChI is InChI=1S/C46H22N6O/c47-23-28-17-27(35-20-30(18-29(24-48)38(35)25-49)51-40-13-5-1-9-31(40)32-10-2-6-14-41(32)51)19-43(39(28)26-50)52-42-15-7-3-11-33(42)36-21-37-34-12-4-8-16-45(34)53-46(37)22-44(36)52/h1-22H. The summed E-state index contributed by atoms with van der Waals surface area (Å²) in [6, 6.07) is 52.4. The minimum absolute atomic E-state index is 0.153. The molecule has 7 nitrogen and oxygen atoms in total. The van der Waals surface area contributed by atoms with Crippen molar-refractivity contribution in [1.82, 2.24) is 9.13 Å². The minimum Gasteiger partial charge on any atom is -0.456 e. The fraction of sp³-hybridized carbons (Fsp3) is 0. The van der Waals surface area contributed by atoms with E-state index in [0.29, 0.717) is 28.1 Å². The zero-order valence-electron chi connectivity index (χ0n) is 27.8. The SMILES string of the molecule is N#Cc1cc(-n2c3ccccc3c3ccccc32)cc(-c2cc(C#N)c(C#N)c(-n3c4ccccc4c4cc5c(cc43)oc3ccccc35)c2)c1C#N. The molecule has 7 aromatic carbocycles. The number of aromatic nitrogens is 2. The van der Waals surface area contributed by atoms with E-state index >= 15 is 0 Å². The van der Waals surface area contributed by atoms with Crippen LogP contribution in [0.5, 0.6) is 0 Å². The number of nitriles is 4. The number of hydrogen-bond donors (Lipinski definition) is 0. The molecule has 10 rings (SSSR count). The number of furan rings is 1. The predicted octanol–water partition coefficient (Wildman–Crippen LogP) is 10.9. The number of fused-ring (bicyclic) bond motifs is 9. The van der Waals surface area contributed by atoms with Crippen molar-refractivity contribution in [2.24, 2.45) is 0 Å². The van der Waals surface area contributed by atoms with Crippen molar-refractivity contribution in [3.05, 3.63) is 156 Å². The molecule has 0 unspecified atom stereocenters. The van der Waals surface area contributed by atoms with Gasteiger partial charge in [0.25, 0.3) is 0 Å². The van der Waals surface area contributed by atoms with Gasteiger partial charge in [-0.25, -0.2) is 0 Å². The Kier molecular flexibility index (Phi) is 6.30. The monoisotopic (exact) mass is 674 g/mol. The average molecular weight is 675 g/mol. The highest BCUT2D eigenvalue weighted by Crippen LogP contribution is 2.41. The third-order valence-electron chi connectivity index (χ3n) is 10.3. The fourth-order valence-electron chi connectivity index (χ4n) is 8.00. The highest BCUT2D eigenvalue weighted by atomic mass is 16.3. The summed E-state index contributed by atoms with van der Waals surface area (Å²) in [5, 5.41) is 48.1. The maximum atomic E-state index is 10.6. The van der Waals surface area contributed by atoms with Crippen LogP contribution in [-0.4, -0.2) is 9.13 Å². The molecule has 0 aliphatic carbocycles. The summed E-state index contributed by atoms with van der Waals surface area (Å²) in [6.07, 6.45) is 0. The second-order valence-corrected chi connectivity index (χ2v) is 13.0. The Hall–Kier alpha value is -8.10. The van der Waals surface area contributed by atoms with Gasteiger partial charge >= 0.3 is 0 Å². The van der Waals surface area contributed by atoms with Crippen LogP contribution in [0.4, 0.5) is 0 Å². The van der Waals surface area contributed by atoms with Crippen molar-refractivity contribution in [2.75, 3.05) is 0 Å². The Labute approximate surface area is 301 Å². The number of para-hydroxylation sites is 4. The molecule has 242 valence electrons. The quantitative estimate of drug-likeness (QED) is 0.185. The molecule has 0 fully saturated rings. The van der Waals surface area contributed by atoms with Crippen molar-refractivity contribution < 1.29 is 4.42 Å². The van der Waals surface area contributed by atoms with E-state index in [1.54, 1.807) is 12.1 Å². The first-order valence-electron chi connectivity index (χ1n) is 16.9. The Morgan fingerprint density at radius 1 is 0.415 bits per heavy atom. The Morgan fingerprint density at radius 3 is 1.62 bits per heavy atom. The summed E-state index contributed by atoms with van der Waals surface area (Å²) >= 11 is 0. The molecule has 10 aromatic rings. The smallest absolute Gasteiger partial charge is 0.137 e. The molecule has 0 N–H and O–H groups in total. The fourth-order valence-corrected chi connectivity index (χ4v) is 8.00. The number of nitrogens with zero attached hydrogens (tertiary/aromatic N) is 6. The van der Waals surface area contributed by atoms with Gasteiger partial charge in [-0.2, -0.15) is 21.0 Å². The average Bonchev–Trinajstić information content (AvgIpc) is 3.86. The van der Waals surface area contributed by atoms with E-state index in [2.05, 4.69) is 47.0 Å². The van der Waals surface area contributed by atoms with E-state index in [9.17, 15) is 21.0 Å². The summed E-state index contributed by atoms with van der Waals surface area (Å²) in [5.74, 6) is 0. The lowest BCUT2D eigenvalue weighted by molar-refractivity contribution is 0.669. The van der Waals surface area contributed by atoms with Gasteiger partial charge < -0.3 is 13.6 Å². The van der Waals surface area contributed by atoms with Gasteiger partial charge in [0, 0.05) is 49.6 Å². The molecular formula is C46H22N6O. The van der Waals surface area contributed by atoms with Crippen molar-refractivity contribution in [1.29, 1.82) is 21.0 Å². The molecule has 3 heterocycles. The lowest BCUT2D eigenvalue weighted by Crippen LogP contribution is -2.03. The first kappa shape index (κ1) is 29.8. The zero-order valence-corrected chi connectivity index (χ0v) is 27.8. The highest BCUT2D eigenvalue weighted by Gasteiger charge is 2.23. The van der Waals surface area contributed by atoms with Gasteiger partial charge in [-0.05, 0) is 60.2 Å². The second-order valence-electron chi connectivity index (χ2n) is 13.0. The normalized spacial score (nSPS) is 11.3. The molecule has 0 amide bonds. The first-order valence-corrected chi connectivity index (χ1v) is 16.9. The van der Waals surface area contributed by atoms with Gasteiger partial charge in [-0.15, -0.1) is 0 Å². The highest BCUT2D eigenvalue weighted by molar-refractivity contribution is 6.17. The summed E-state index contributed by atoms with van der Waals surface area (Å²) < 4.78 is 10.4. The predicted molar refractivity (Wildman–Crippen MR) is 207 cm³/mol. The van der Waals surface area contributed by atoms with Crippen LogP contribution in [0.3, 0.4) is 0 Å². The van der Waals surface area contributed by atoms with Crippen LogP contribution in [0.25, 0.3) is 88.1 Å². The zero-order chi connectivity index (χ0) is 35.8.